The number of hydrogen-bond donors (Lipinski definition) is 2. The van der Waals surface area contributed by atoms with Crippen LogP contribution in [0.2, 0.25) is 0 Å². The standard InChI is InChI=1S/C11H13N3S/c12-10-8-13-5-4-11(10)14-6-3-9-2-1-7-15-9/h1-2,4-5,7-8H,3,6,12H2,(H,13,14). The van der Waals surface area contributed by atoms with Gasteiger partial charge in [-0.2, -0.15) is 0 Å². The van der Waals surface area contributed by atoms with Crippen molar-refractivity contribution < 1.29 is 0 Å². The summed E-state index contributed by atoms with van der Waals surface area (Å²) in [6.45, 7) is 0.898. The number of nitrogen functional groups attached to an aromatic ring is 1. The van der Waals surface area contributed by atoms with Crippen molar-refractivity contribution in [3.8, 4) is 0 Å². The van der Waals surface area contributed by atoms with E-state index in [9.17, 15) is 0 Å². The summed E-state index contributed by atoms with van der Waals surface area (Å²) in [5.74, 6) is 0. The number of pyridine rings is 1. The molecule has 2 aromatic heterocycles. The Labute approximate surface area is 93.0 Å². The molecule has 2 heterocycles. The van der Waals surface area contributed by atoms with Gasteiger partial charge in [-0.15, -0.1) is 11.3 Å². The lowest BCUT2D eigenvalue weighted by Crippen LogP contribution is -2.06. The summed E-state index contributed by atoms with van der Waals surface area (Å²) >= 11 is 1.78. The summed E-state index contributed by atoms with van der Waals surface area (Å²) in [5, 5.41) is 5.39. The van der Waals surface area contributed by atoms with Crippen LogP contribution in [0.25, 0.3) is 0 Å². The topological polar surface area (TPSA) is 50.9 Å². The Morgan fingerprint density at radius 3 is 3.07 bits per heavy atom. The third kappa shape index (κ3) is 2.70. The maximum absolute atomic E-state index is 5.76. The molecule has 15 heavy (non-hydrogen) atoms. The third-order valence-corrected chi connectivity index (χ3v) is 3.06. The molecule has 0 aliphatic rings. The lowest BCUT2D eigenvalue weighted by Gasteiger charge is -2.07. The number of hydrogen-bond acceptors (Lipinski definition) is 4. The molecule has 0 aromatic carbocycles. The van der Waals surface area contributed by atoms with Gasteiger partial charge in [0.2, 0.25) is 0 Å². The zero-order valence-electron chi connectivity index (χ0n) is 8.31. The van der Waals surface area contributed by atoms with Crippen LogP contribution in [0.15, 0.2) is 36.0 Å². The first-order valence-corrected chi connectivity index (χ1v) is 5.70. The van der Waals surface area contributed by atoms with Crippen molar-refractivity contribution in [2.24, 2.45) is 0 Å². The quantitative estimate of drug-likeness (QED) is 0.830. The van der Waals surface area contributed by atoms with Crippen molar-refractivity contribution in [3.05, 3.63) is 40.8 Å². The maximum atomic E-state index is 5.76. The first kappa shape index (κ1) is 9.98. The van der Waals surface area contributed by atoms with Crippen molar-refractivity contribution in [2.45, 2.75) is 6.42 Å². The van der Waals surface area contributed by atoms with E-state index >= 15 is 0 Å². The van der Waals surface area contributed by atoms with Crippen molar-refractivity contribution in [2.75, 3.05) is 17.6 Å². The molecule has 0 aliphatic carbocycles. The van der Waals surface area contributed by atoms with Gasteiger partial charge in [0.1, 0.15) is 0 Å². The maximum Gasteiger partial charge on any atom is 0.0736 e. The summed E-state index contributed by atoms with van der Waals surface area (Å²) in [7, 11) is 0. The van der Waals surface area contributed by atoms with E-state index < -0.39 is 0 Å². The molecule has 2 aromatic rings. The van der Waals surface area contributed by atoms with Crippen molar-refractivity contribution in [1.82, 2.24) is 4.98 Å². The van der Waals surface area contributed by atoms with Gasteiger partial charge in [0.15, 0.2) is 0 Å². The molecule has 0 aliphatic heterocycles. The van der Waals surface area contributed by atoms with Crippen LogP contribution in [0.1, 0.15) is 4.88 Å². The lowest BCUT2D eigenvalue weighted by atomic mass is 10.3. The Morgan fingerprint density at radius 2 is 2.33 bits per heavy atom. The van der Waals surface area contributed by atoms with Crippen molar-refractivity contribution in [1.29, 1.82) is 0 Å². The highest BCUT2D eigenvalue weighted by molar-refractivity contribution is 7.09. The number of thiophene rings is 1. The molecule has 3 nitrogen and oxygen atoms in total. The van der Waals surface area contributed by atoms with Crippen LogP contribution in [0, 0.1) is 0 Å². The Kier molecular flexibility index (Phi) is 3.19. The molecule has 0 saturated carbocycles. The Hall–Kier alpha value is -1.55. The minimum atomic E-state index is 0.698. The van der Waals surface area contributed by atoms with Crippen molar-refractivity contribution >= 4 is 22.7 Å². The zero-order chi connectivity index (χ0) is 10.5. The minimum absolute atomic E-state index is 0.698. The van der Waals surface area contributed by atoms with Gasteiger partial charge < -0.3 is 11.1 Å². The van der Waals surface area contributed by atoms with Crippen molar-refractivity contribution in [3.63, 3.8) is 0 Å². The smallest absolute Gasteiger partial charge is 0.0736 e. The SMILES string of the molecule is Nc1cnccc1NCCc1cccs1. The van der Waals surface area contributed by atoms with E-state index in [1.807, 2.05) is 6.07 Å². The van der Waals surface area contributed by atoms with Gasteiger partial charge in [-0.3, -0.25) is 4.98 Å². The van der Waals surface area contributed by atoms with Crippen LogP contribution in [0.4, 0.5) is 11.4 Å². The third-order valence-electron chi connectivity index (χ3n) is 2.12. The zero-order valence-corrected chi connectivity index (χ0v) is 9.13. The van der Waals surface area contributed by atoms with Gasteiger partial charge in [0.25, 0.3) is 0 Å². The van der Waals surface area contributed by atoms with E-state index in [0.717, 1.165) is 18.7 Å². The Morgan fingerprint density at radius 1 is 1.40 bits per heavy atom. The van der Waals surface area contributed by atoms with Crippen LogP contribution in [0.3, 0.4) is 0 Å². The largest absolute Gasteiger partial charge is 0.396 e. The molecule has 0 fully saturated rings. The number of anilines is 2. The number of rotatable bonds is 4. The fourth-order valence-corrected chi connectivity index (χ4v) is 2.05. The molecule has 2 rings (SSSR count). The summed E-state index contributed by atoms with van der Waals surface area (Å²) in [6, 6.07) is 6.10. The lowest BCUT2D eigenvalue weighted by molar-refractivity contribution is 1.04. The average molecular weight is 219 g/mol. The number of nitrogens with one attached hydrogen (secondary N) is 1. The summed E-state index contributed by atoms with van der Waals surface area (Å²) in [5.41, 5.74) is 7.42. The number of nitrogens with zero attached hydrogens (tertiary/aromatic N) is 1. The van der Waals surface area contributed by atoms with Crippen LogP contribution in [-0.4, -0.2) is 11.5 Å². The van der Waals surface area contributed by atoms with E-state index in [2.05, 4.69) is 27.8 Å². The molecule has 0 amide bonds. The van der Waals surface area contributed by atoms with Gasteiger partial charge in [-0.05, 0) is 23.9 Å². The van der Waals surface area contributed by atoms with E-state index in [0.29, 0.717) is 5.69 Å². The monoisotopic (exact) mass is 219 g/mol. The van der Waals surface area contributed by atoms with E-state index in [4.69, 9.17) is 5.73 Å². The molecular formula is C11H13N3S. The minimum Gasteiger partial charge on any atom is -0.396 e. The first-order valence-electron chi connectivity index (χ1n) is 4.82. The highest BCUT2D eigenvalue weighted by Gasteiger charge is 1.97. The Bertz CT molecular complexity index is 412. The van der Waals surface area contributed by atoms with Crippen LogP contribution in [0.5, 0.6) is 0 Å². The summed E-state index contributed by atoms with van der Waals surface area (Å²) in [4.78, 5) is 5.32. The predicted molar refractivity (Wildman–Crippen MR) is 65.2 cm³/mol. The second-order valence-corrected chi connectivity index (χ2v) is 4.25. The van der Waals surface area contributed by atoms with Gasteiger partial charge in [0.05, 0.1) is 17.6 Å². The van der Waals surface area contributed by atoms with E-state index in [1.54, 1.807) is 23.7 Å². The molecule has 3 N–H and O–H groups in total. The molecule has 0 unspecified atom stereocenters. The summed E-state index contributed by atoms with van der Waals surface area (Å²) < 4.78 is 0. The normalized spacial score (nSPS) is 10.1. The molecule has 0 radical (unpaired) electrons. The molecule has 78 valence electrons. The van der Waals surface area contributed by atoms with Crippen LogP contribution < -0.4 is 11.1 Å². The summed E-state index contributed by atoms with van der Waals surface area (Å²) in [6.07, 6.45) is 4.43. The van der Waals surface area contributed by atoms with Gasteiger partial charge in [0, 0.05) is 17.6 Å². The van der Waals surface area contributed by atoms with E-state index in [-0.39, 0.29) is 0 Å². The average Bonchev–Trinajstić information content (AvgIpc) is 2.74. The number of nitrogens with two attached hydrogens (primary N) is 1. The second-order valence-electron chi connectivity index (χ2n) is 3.22. The first-order chi connectivity index (χ1) is 7.36. The second kappa shape index (κ2) is 4.79. The van der Waals surface area contributed by atoms with E-state index in [1.165, 1.54) is 4.88 Å². The molecule has 0 spiro atoms. The van der Waals surface area contributed by atoms with Gasteiger partial charge in [-0.1, -0.05) is 6.07 Å². The fourth-order valence-electron chi connectivity index (χ4n) is 1.34. The Balaban J connectivity index is 1.86. The van der Waals surface area contributed by atoms with Crippen LogP contribution >= 0.6 is 11.3 Å². The number of aromatic nitrogens is 1. The molecule has 0 saturated heterocycles. The molecule has 0 atom stereocenters. The van der Waals surface area contributed by atoms with Crippen LogP contribution in [-0.2, 0) is 6.42 Å². The van der Waals surface area contributed by atoms with Gasteiger partial charge >= 0.3 is 0 Å². The molecule has 0 bridgehead atoms. The highest BCUT2D eigenvalue weighted by Crippen LogP contribution is 2.15. The van der Waals surface area contributed by atoms with Gasteiger partial charge in [-0.25, -0.2) is 0 Å². The fraction of sp³-hybridized carbons (Fsp3) is 0.182. The molecular weight excluding hydrogens is 206 g/mol. The molecule has 4 heteroatoms. The predicted octanol–water partition coefficient (Wildman–Crippen LogP) is 2.38. The highest BCUT2D eigenvalue weighted by atomic mass is 32.1.